The summed E-state index contributed by atoms with van der Waals surface area (Å²) in [6.07, 6.45) is 11.4. The Balaban J connectivity index is 0.813. The maximum Gasteiger partial charge on any atom is 0.227 e. The molecule has 2 aromatic heterocycles. The summed E-state index contributed by atoms with van der Waals surface area (Å²) in [5.41, 5.74) is 8.95. The molecule has 0 radical (unpaired) electrons. The predicted octanol–water partition coefficient (Wildman–Crippen LogP) is 8.73. The summed E-state index contributed by atoms with van der Waals surface area (Å²) < 4.78 is 0. The first-order chi connectivity index (χ1) is 26.4. The molecule has 2 saturated carbocycles. The summed E-state index contributed by atoms with van der Waals surface area (Å²) in [6, 6.07) is 37.2. The Morgan fingerprint density at radius 2 is 0.907 bits per heavy atom. The minimum Gasteiger partial charge on any atom is -0.340 e. The second-order valence-electron chi connectivity index (χ2n) is 16.3. The molecular formula is C46H44N6O2. The summed E-state index contributed by atoms with van der Waals surface area (Å²) in [7, 11) is 0. The molecule has 2 aliphatic carbocycles. The third kappa shape index (κ3) is 6.33. The summed E-state index contributed by atoms with van der Waals surface area (Å²) in [6.45, 7) is 1.65. The Bertz CT molecular complexity index is 2140. The van der Waals surface area contributed by atoms with Gasteiger partial charge in [-0.3, -0.25) is 9.59 Å². The van der Waals surface area contributed by atoms with Crippen molar-refractivity contribution in [2.45, 2.75) is 63.5 Å². The smallest absolute Gasteiger partial charge is 0.227 e. The Morgan fingerprint density at radius 3 is 1.28 bits per heavy atom. The van der Waals surface area contributed by atoms with Crippen molar-refractivity contribution in [3.8, 4) is 33.6 Å². The van der Waals surface area contributed by atoms with Crippen LogP contribution in [0.25, 0.3) is 33.6 Å². The molecular weight excluding hydrogens is 669 g/mol. The van der Waals surface area contributed by atoms with Gasteiger partial charge in [0.05, 0.1) is 48.7 Å². The van der Waals surface area contributed by atoms with Crippen LogP contribution in [0.5, 0.6) is 0 Å². The molecule has 4 fully saturated rings. The number of hydrogen-bond acceptors (Lipinski definition) is 4. The Labute approximate surface area is 315 Å². The molecule has 2 spiro atoms. The van der Waals surface area contributed by atoms with Crippen molar-refractivity contribution in [2.75, 3.05) is 13.1 Å². The highest BCUT2D eigenvalue weighted by Gasteiger charge is 2.55. The summed E-state index contributed by atoms with van der Waals surface area (Å²) >= 11 is 0. The van der Waals surface area contributed by atoms with Gasteiger partial charge in [0.25, 0.3) is 0 Å². The van der Waals surface area contributed by atoms with Gasteiger partial charge in [0.2, 0.25) is 11.8 Å². The van der Waals surface area contributed by atoms with E-state index in [2.05, 4.69) is 68.3 Å². The van der Waals surface area contributed by atoms with E-state index in [-0.39, 0.29) is 34.7 Å². The summed E-state index contributed by atoms with van der Waals surface area (Å²) in [4.78, 5) is 47.9. The number of carbonyl (C=O) groups excluding carboxylic acids is 2. The third-order valence-electron chi connectivity index (χ3n) is 12.5. The molecule has 6 aromatic rings. The highest BCUT2D eigenvalue weighted by molar-refractivity contribution is 5.80. The molecule has 2 saturated heterocycles. The number of rotatable bonds is 9. The maximum absolute atomic E-state index is 13.5. The van der Waals surface area contributed by atoms with Crippen LogP contribution in [0.1, 0.15) is 73.4 Å². The number of carbonyl (C=O) groups is 2. The lowest BCUT2D eigenvalue weighted by Crippen LogP contribution is -2.33. The van der Waals surface area contributed by atoms with Gasteiger partial charge in [-0.25, -0.2) is 9.97 Å². The van der Waals surface area contributed by atoms with Gasteiger partial charge in [-0.2, -0.15) is 0 Å². The Morgan fingerprint density at radius 1 is 0.537 bits per heavy atom. The lowest BCUT2D eigenvalue weighted by atomic mass is 10.0. The topological polar surface area (TPSA) is 98.0 Å². The maximum atomic E-state index is 13.5. The zero-order chi connectivity index (χ0) is 36.3. The van der Waals surface area contributed by atoms with Crippen LogP contribution in [0.2, 0.25) is 0 Å². The van der Waals surface area contributed by atoms with E-state index in [4.69, 9.17) is 9.97 Å². The van der Waals surface area contributed by atoms with Crippen molar-refractivity contribution in [2.24, 2.45) is 10.8 Å². The SMILES string of the molecule is O=C(Cc1ccccc1)N1CC2(CC2)CC1c1ncc(-c2ccc(-c3ccc(-c4cnc([C@@H]5CC6(CC6)CN5C(=O)Cc5ccccc5)[nH]4)cc3)cc2)[nH]1. The van der Waals surface area contributed by atoms with Crippen LogP contribution in [0.4, 0.5) is 0 Å². The first-order valence-corrected chi connectivity index (χ1v) is 19.4. The molecule has 8 heteroatoms. The van der Waals surface area contributed by atoms with Crippen LogP contribution in [-0.2, 0) is 22.4 Å². The van der Waals surface area contributed by atoms with Gasteiger partial charge in [-0.15, -0.1) is 0 Å². The fraction of sp³-hybridized carbons (Fsp3) is 0.304. The highest BCUT2D eigenvalue weighted by atomic mass is 16.2. The number of amides is 2. The quantitative estimate of drug-likeness (QED) is 0.157. The molecule has 0 bridgehead atoms. The largest absolute Gasteiger partial charge is 0.340 e. The molecule has 10 rings (SSSR count). The predicted molar refractivity (Wildman–Crippen MR) is 209 cm³/mol. The van der Waals surface area contributed by atoms with Crippen LogP contribution in [0.3, 0.4) is 0 Å². The average Bonchev–Trinajstić information content (AvgIpc) is 3.78. The Hall–Kier alpha value is -5.76. The van der Waals surface area contributed by atoms with Crippen LogP contribution in [0.15, 0.2) is 122 Å². The van der Waals surface area contributed by atoms with Gasteiger partial charge < -0.3 is 19.8 Å². The molecule has 4 aliphatic rings. The number of imidazole rings is 2. The number of likely N-dealkylation sites (tertiary alicyclic amines) is 2. The number of aromatic amines is 2. The third-order valence-corrected chi connectivity index (χ3v) is 12.5. The minimum absolute atomic E-state index is 0.0183. The van der Waals surface area contributed by atoms with Crippen molar-refractivity contribution >= 4 is 11.8 Å². The second-order valence-corrected chi connectivity index (χ2v) is 16.3. The number of H-pyrrole nitrogens is 2. The normalized spacial score (nSPS) is 20.5. The Kier molecular flexibility index (Phi) is 7.89. The first kappa shape index (κ1) is 32.9. The zero-order valence-electron chi connectivity index (χ0n) is 30.4. The van der Waals surface area contributed by atoms with E-state index in [1.54, 1.807) is 0 Å². The van der Waals surface area contributed by atoms with E-state index in [1.165, 1.54) is 25.7 Å². The molecule has 4 heterocycles. The van der Waals surface area contributed by atoms with E-state index in [0.29, 0.717) is 12.8 Å². The van der Waals surface area contributed by atoms with Crippen LogP contribution >= 0.6 is 0 Å². The van der Waals surface area contributed by atoms with Gasteiger partial charge in [0.15, 0.2) is 0 Å². The molecule has 2 N–H and O–H groups in total. The summed E-state index contributed by atoms with van der Waals surface area (Å²) in [5.74, 6) is 2.11. The van der Waals surface area contributed by atoms with E-state index < -0.39 is 0 Å². The van der Waals surface area contributed by atoms with Crippen molar-refractivity contribution in [3.05, 3.63) is 144 Å². The number of nitrogens with one attached hydrogen (secondary N) is 2. The number of hydrogen-bond donors (Lipinski definition) is 2. The minimum atomic E-state index is -0.0183. The highest BCUT2D eigenvalue weighted by Crippen LogP contribution is 2.59. The molecule has 8 nitrogen and oxygen atoms in total. The monoisotopic (exact) mass is 712 g/mol. The van der Waals surface area contributed by atoms with Gasteiger partial charge in [-0.05, 0) is 82.7 Å². The molecule has 4 aromatic carbocycles. The van der Waals surface area contributed by atoms with Crippen molar-refractivity contribution in [3.63, 3.8) is 0 Å². The zero-order valence-corrected chi connectivity index (χ0v) is 30.4. The fourth-order valence-electron chi connectivity index (χ4n) is 8.94. The summed E-state index contributed by atoms with van der Waals surface area (Å²) in [5, 5.41) is 0. The van der Waals surface area contributed by atoms with Crippen molar-refractivity contribution in [1.82, 2.24) is 29.7 Å². The van der Waals surface area contributed by atoms with E-state index in [1.807, 2.05) is 73.1 Å². The lowest BCUT2D eigenvalue weighted by molar-refractivity contribution is -0.132. The van der Waals surface area contributed by atoms with E-state index in [9.17, 15) is 9.59 Å². The molecule has 54 heavy (non-hydrogen) atoms. The number of nitrogens with zero attached hydrogens (tertiary/aromatic N) is 4. The van der Waals surface area contributed by atoms with Crippen LogP contribution in [0, 0.1) is 10.8 Å². The van der Waals surface area contributed by atoms with Gasteiger partial charge in [-0.1, -0.05) is 109 Å². The van der Waals surface area contributed by atoms with E-state index >= 15 is 0 Å². The molecule has 2 amide bonds. The molecule has 1 unspecified atom stereocenters. The van der Waals surface area contributed by atoms with Gasteiger partial charge in [0, 0.05) is 13.1 Å². The van der Waals surface area contributed by atoms with E-state index in [0.717, 1.165) is 82.3 Å². The number of benzene rings is 4. The molecule has 2 aliphatic heterocycles. The standard InChI is InChI=1S/C46H44N6O2/c53-41(23-31-7-3-1-4-8-31)51-29-45(19-20-45)25-39(51)43-47-27-37(49-43)35-15-11-33(12-16-35)34-13-17-36(18-14-34)38-28-48-44(50-38)40-26-46(21-22-46)30-52(40)42(54)24-32-9-5-2-6-10-32/h1-18,27-28,39-40H,19-26,29-30H2,(H,47,49)(H,48,50)/t39-,40?/m0/s1. The van der Waals surface area contributed by atoms with Crippen molar-refractivity contribution in [1.29, 1.82) is 0 Å². The number of aromatic nitrogens is 4. The van der Waals surface area contributed by atoms with Crippen LogP contribution < -0.4 is 0 Å². The molecule has 2 atom stereocenters. The first-order valence-electron chi connectivity index (χ1n) is 19.4. The van der Waals surface area contributed by atoms with Gasteiger partial charge >= 0.3 is 0 Å². The average molecular weight is 713 g/mol. The molecule has 270 valence electrons. The second kappa shape index (κ2) is 13.0. The van der Waals surface area contributed by atoms with Gasteiger partial charge in [0.1, 0.15) is 11.6 Å². The lowest BCUT2D eigenvalue weighted by Gasteiger charge is -2.23. The van der Waals surface area contributed by atoms with Crippen LogP contribution in [-0.4, -0.2) is 54.6 Å². The fourth-order valence-corrected chi connectivity index (χ4v) is 8.94. The van der Waals surface area contributed by atoms with Crippen molar-refractivity contribution < 1.29 is 9.59 Å².